The first-order valence-electron chi connectivity index (χ1n) is 11.4. The maximum Gasteiger partial charge on any atom is 0.191 e. The van der Waals surface area contributed by atoms with Gasteiger partial charge in [-0.05, 0) is 35.4 Å². The lowest BCUT2D eigenvalue weighted by Crippen LogP contribution is -2.46. The molecule has 2 aliphatic heterocycles. The van der Waals surface area contributed by atoms with Crippen molar-refractivity contribution in [3.8, 4) is 0 Å². The first-order valence-corrected chi connectivity index (χ1v) is 12.3. The van der Waals surface area contributed by atoms with Crippen LogP contribution in [0.2, 0.25) is 0 Å². The number of nitrogens with zero attached hydrogens (tertiary/aromatic N) is 3. The number of hydrogen-bond donors (Lipinski definition) is 2. The maximum absolute atomic E-state index is 5.55. The standard InChI is InChI=1S/C24H35N5OS/c1-25-24(26-10-5-11-28-12-9-20-6-2-3-7-21(20)19-28)27-18-22(23-8-4-17-31-23)29-13-15-30-16-14-29/h2-4,6-8,17,22H,5,9-16,18-19H2,1H3,(H2,25,26,27). The summed E-state index contributed by atoms with van der Waals surface area (Å²) >= 11 is 1.83. The Morgan fingerprint density at radius 1 is 1.10 bits per heavy atom. The second-order valence-corrected chi connectivity index (χ2v) is 9.19. The second-order valence-electron chi connectivity index (χ2n) is 8.21. The molecule has 3 heterocycles. The smallest absolute Gasteiger partial charge is 0.191 e. The number of hydrogen-bond acceptors (Lipinski definition) is 5. The highest BCUT2D eigenvalue weighted by atomic mass is 32.1. The molecule has 0 spiro atoms. The fraction of sp³-hybridized carbons (Fsp3) is 0.542. The summed E-state index contributed by atoms with van der Waals surface area (Å²) in [4.78, 5) is 10.9. The van der Waals surface area contributed by atoms with E-state index in [9.17, 15) is 0 Å². The molecule has 2 N–H and O–H groups in total. The molecule has 1 fully saturated rings. The number of ether oxygens (including phenoxy) is 1. The van der Waals surface area contributed by atoms with Crippen LogP contribution in [0.1, 0.15) is 28.5 Å². The second kappa shape index (κ2) is 11.6. The number of rotatable bonds is 8. The van der Waals surface area contributed by atoms with Gasteiger partial charge in [0.05, 0.1) is 19.3 Å². The molecule has 1 aromatic heterocycles. The van der Waals surface area contributed by atoms with Crippen LogP contribution in [-0.4, -0.2) is 75.3 Å². The third-order valence-corrected chi connectivity index (χ3v) is 7.17. The zero-order valence-corrected chi connectivity index (χ0v) is 19.4. The molecular weight excluding hydrogens is 406 g/mol. The van der Waals surface area contributed by atoms with Gasteiger partial charge in [-0.3, -0.25) is 14.8 Å². The van der Waals surface area contributed by atoms with Crippen molar-refractivity contribution >= 4 is 17.3 Å². The Balaban J connectivity index is 1.20. The minimum atomic E-state index is 0.357. The molecule has 0 radical (unpaired) electrons. The summed E-state index contributed by atoms with van der Waals surface area (Å²) in [5, 5.41) is 9.22. The molecule has 4 rings (SSSR count). The molecule has 1 unspecified atom stereocenters. The largest absolute Gasteiger partial charge is 0.379 e. The van der Waals surface area contributed by atoms with Gasteiger partial charge in [-0.1, -0.05) is 30.3 Å². The minimum absolute atomic E-state index is 0.357. The van der Waals surface area contributed by atoms with Gasteiger partial charge in [0.1, 0.15) is 0 Å². The van der Waals surface area contributed by atoms with Crippen LogP contribution in [0.4, 0.5) is 0 Å². The number of nitrogens with one attached hydrogen (secondary N) is 2. The van der Waals surface area contributed by atoms with Crippen LogP contribution in [0.15, 0.2) is 46.8 Å². The van der Waals surface area contributed by atoms with Gasteiger partial charge in [0, 0.05) is 57.7 Å². The van der Waals surface area contributed by atoms with Crippen LogP contribution in [-0.2, 0) is 17.7 Å². The van der Waals surface area contributed by atoms with Crippen LogP contribution in [0.25, 0.3) is 0 Å². The van der Waals surface area contributed by atoms with Crippen molar-refractivity contribution in [2.75, 3.05) is 59.5 Å². The van der Waals surface area contributed by atoms with Gasteiger partial charge in [0.25, 0.3) is 0 Å². The van der Waals surface area contributed by atoms with E-state index in [1.165, 1.54) is 22.4 Å². The Bertz CT molecular complexity index is 819. The lowest BCUT2D eigenvalue weighted by molar-refractivity contribution is 0.0177. The normalized spacial score (nSPS) is 19.1. The molecule has 7 heteroatoms. The topological polar surface area (TPSA) is 52.1 Å². The molecular formula is C24H35N5OS. The predicted octanol–water partition coefficient (Wildman–Crippen LogP) is 2.73. The Morgan fingerprint density at radius 2 is 1.94 bits per heavy atom. The molecule has 6 nitrogen and oxygen atoms in total. The minimum Gasteiger partial charge on any atom is -0.379 e. The average Bonchev–Trinajstić information content (AvgIpc) is 3.36. The van der Waals surface area contributed by atoms with Crippen LogP contribution >= 0.6 is 11.3 Å². The van der Waals surface area contributed by atoms with E-state index in [0.717, 1.165) is 71.4 Å². The van der Waals surface area contributed by atoms with Gasteiger partial charge in [0.15, 0.2) is 5.96 Å². The molecule has 2 aromatic rings. The summed E-state index contributed by atoms with van der Waals surface area (Å²) in [6, 6.07) is 13.6. The fourth-order valence-electron chi connectivity index (χ4n) is 4.45. The van der Waals surface area contributed by atoms with Crippen molar-refractivity contribution in [1.29, 1.82) is 0 Å². The van der Waals surface area contributed by atoms with Crippen molar-refractivity contribution in [3.05, 3.63) is 57.8 Å². The predicted molar refractivity (Wildman–Crippen MR) is 129 cm³/mol. The Labute approximate surface area is 190 Å². The van der Waals surface area contributed by atoms with Crippen LogP contribution < -0.4 is 10.6 Å². The number of guanidine groups is 1. The average molecular weight is 442 g/mol. The molecule has 168 valence electrons. The molecule has 0 saturated carbocycles. The first kappa shape index (κ1) is 22.3. The molecule has 1 aromatic carbocycles. The molecule has 0 aliphatic carbocycles. The molecule has 1 saturated heterocycles. The maximum atomic E-state index is 5.55. The van der Waals surface area contributed by atoms with Crippen LogP contribution in [0, 0.1) is 0 Å². The van der Waals surface area contributed by atoms with Crippen LogP contribution in [0.5, 0.6) is 0 Å². The monoisotopic (exact) mass is 441 g/mol. The SMILES string of the molecule is CN=C(NCCCN1CCc2ccccc2C1)NCC(c1cccs1)N1CCOCC1. The van der Waals surface area contributed by atoms with Crippen molar-refractivity contribution in [2.45, 2.75) is 25.4 Å². The fourth-order valence-corrected chi connectivity index (χ4v) is 5.31. The van der Waals surface area contributed by atoms with Crippen LogP contribution in [0.3, 0.4) is 0 Å². The summed E-state index contributed by atoms with van der Waals surface area (Å²) < 4.78 is 5.55. The number of benzene rings is 1. The molecule has 0 amide bonds. The van der Waals surface area contributed by atoms with Crippen molar-refractivity contribution < 1.29 is 4.74 Å². The first-order chi connectivity index (χ1) is 15.3. The lowest BCUT2D eigenvalue weighted by Gasteiger charge is -2.34. The van der Waals surface area contributed by atoms with E-state index >= 15 is 0 Å². The zero-order chi connectivity index (χ0) is 21.3. The quantitative estimate of drug-likeness (QED) is 0.375. The van der Waals surface area contributed by atoms with Gasteiger partial charge >= 0.3 is 0 Å². The van der Waals surface area contributed by atoms with Crippen molar-refractivity contribution in [2.24, 2.45) is 4.99 Å². The Hall–Kier alpha value is -1.93. The van der Waals surface area contributed by atoms with E-state index in [0.29, 0.717) is 6.04 Å². The van der Waals surface area contributed by atoms with Gasteiger partial charge in [-0.25, -0.2) is 0 Å². The van der Waals surface area contributed by atoms with Gasteiger partial charge < -0.3 is 15.4 Å². The number of fused-ring (bicyclic) bond motifs is 1. The Kier molecular flexibility index (Phi) is 8.35. The lowest BCUT2D eigenvalue weighted by atomic mass is 10.00. The van der Waals surface area contributed by atoms with Gasteiger partial charge in [-0.2, -0.15) is 0 Å². The summed E-state index contributed by atoms with van der Waals surface area (Å²) in [6.45, 7) is 8.72. The van der Waals surface area contributed by atoms with Crippen molar-refractivity contribution in [1.82, 2.24) is 20.4 Å². The summed E-state index contributed by atoms with van der Waals surface area (Å²) in [7, 11) is 1.85. The summed E-state index contributed by atoms with van der Waals surface area (Å²) in [6.07, 6.45) is 2.28. The summed E-state index contributed by atoms with van der Waals surface area (Å²) in [5.74, 6) is 0.888. The Morgan fingerprint density at radius 3 is 2.71 bits per heavy atom. The number of thiophene rings is 1. The van der Waals surface area contributed by atoms with E-state index in [2.05, 4.69) is 67.2 Å². The molecule has 31 heavy (non-hydrogen) atoms. The summed E-state index contributed by atoms with van der Waals surface area (Å²) in [5.41, 5.74) is 3.00. The molecule has 0 bridgehead atoms. The number of aliphatic imine (C=N–C) groups is 1. The third-order valence-electron chi connectivity index (χ3n) is 6.20. The van der Waals surface area contributed by atoms with Gasteiger partial charge in [0.2, 0.25) is 0 Å². The number of morpholine rings is 1. The van der Waals surface area contributed by atoms with Crippen molar-refractivity contribution in [3.63, 3.8) is 0 Å². The van der Waals surface area contributed by atoms with E-state index in [4.69, 9.17) is 4.74 Å². The van der Waals surface area contributed by atoms with E-state index in [1.807, 2.05) is 18.4 Å². The molecule has 2 aliphatic rings. The van der Waals surface area contributed by atoms with E-state index < -0.39 is 0 Å². The molecule has 1 atom stereocenters. The van der Waals surface area contributed by atoms with E-state index in [1.54, 1.807) is 0 Å². The third kappa shape index (κ3) is 6.29. The highest BCUT2D eigenvalue weighted by Gasteiger charge is 2.23. The van der Waals surface area contributed by atoms with Gasteiger partial charge in [-0.15, -0.1) is 11.3 Å². The zero-order valence-electron chi connectivity index (χ0n) is 18.6. The highest BCUT2D eigenvalue weighted by molar-refractivity contribution is 7.10. The highest BCUT2D eigenvalue weighted by Crippen LogP contribution is 2.25. The van der Waals surface area contributed by atoms with E-state index in [-0.39, 0.29) is 0 Å².